The normalized spacial score (nSPS) is 20.1. The van der Waals surface area contributed by atoms with Crippen molar-refractivity contribution in [3.63, 3.8) is 0 Å². The molecule has 184 valence electrons. The highest BCUT2D eigenvalue weighted by Crippen LogP contribution is 2.40. The molecule has 2 fully saturated rings. The van der Waals surface area contributed by atoms with Crippen molar-refractivity contribution < 1.29 is 19.1 Å². The van der Waals surface area contributed by atoms with Crippen molar-refractivity contribution in [3.8, 4) is 5.75 Å². The zero-order chi connectivity index (χ0) is 24.4. The van der Waals surface area contributed by atoms with Crippen LogP contribution < -0.4 is 14.5 Å². The number of carbonyl (C=O) groups is 3. The van der Waals surface area contributed by atoms with Crippen LogP contribution in [0.2, 0.25) is 0 Å². The van der Waals surface area contributed by atoms with Gasteiger partial charge in [0.2, 0.25) is 11.8 Å². The predicted octanol–water partition coefficient (Wildman–Crippen LogP) is 2.47. The number of piperazine rings is 1. The summed E-state index contributed by atoms with van der Waals surface area (Å²) in [5.41, 5.74) is 1.72. The second-order valence-electron chi connectivity index (χ2n) is 8.96. The van der Waals surface area contributed by atoms with Gasteiger partial charge in [0.1, 0.15) is 12.3 Å². The van der Waals surface area contributed by atoms with Gasteiger partial charge in [0.05, 0.1) is 18.5 Å². The molecule has 0 aromatic heterocycles. The maximum Gasteiger partial charge on any atom is 0.250 e. The van der Waals surface area contributed by atoms with Gasteiger partial charge in [-0.25, -0.2) is 0 Å². The van der Waals surface area contributed by atoms with Gasteiger partial charge in [-0.3, -0.25) is 14.4 Å². The molecule has 3 amide bonds. The number of rotatable bonds is 5. The summed E-state index contributed by atoms with van der Waals surface area (Å²) in [6, 6.07) is 15.4. The number of thioether (sulfide) groups is 1. The van der Waals surface area contributed by atoms with Crippen LogP contribution in [0.5, 0.6) is 5.75 Å². The second-order valence-corrected chi connectivity index (χ2v) is 10.1. The molecule has 1 unspecified atom stereocenters. The molecule has 8 nitrogen and oxygen atoms in total. The van der Waals surface area contributed by atoms with E-state index < -0.39 is 5.25 Å². The Bertz CT molecular complexity index is 1110. The Labute approximate surface area is 209 Å². The minimum Gasteiger partial charge on any atom is -0.495 e. The van der Waals surface area contributed by atoms with E-state index in [9.17, 15) is 14.4 Å². The highest BCUT2D eigenvalue weighted by atomic mass is 32.2. The number of carbonyl (C=O) groups excluding carboxylic acids is 3. The van der Waals surface area contributed by atoms with Crippen LogP contribution >= 0.6 is 11.8 Å². The van der Waals surface area contributed by atoms with Gasteiger partial charge in [-0.1, -0.05) is 24.3 Å². The quantitative estimate of drug-likeness (QED) is 0.595. The highest BCUT2D eigenvalue weighted by molar-refractivity contribution is 8.01. The summed E-state index contributed by atoms with van der Waals surface area (Å²) in [5.74, 6) is 0.266. The van der Waals surface area contributed by atoms with Crippen molar-refractivity contribution >= 4 is 40.9 Å². The van der Waals surface area contributed by atoms with Crippen molar-refractivity contribution in [3.05, 3.63) is 48.5 Å². The van der Waals surface area contributed by atoms with Crippen molar-refractivity contribution in [1.82, 2.24) is 9.80 Å². The fourth-order valence-corrected chi connectivity index (χ4v) is 6.15. The Balaban J connectivity index is 1.28. The fourth-order valence-electron chi connectivity index (χ4n) is 4.96. The summed E-state index contributed by atoms with van der Waals surface area (Å²) in [4.78, 5) is 48.1. The van der Waals surface area contributed by atoms with Gasteiger partial charge < -0.3 is 24.3 Å². The van der Waals surface area contributed by atoms with Crippen LogP contribution in [-0.4, -0.2) is 85.7 Å². The summed E-state index contributed by atoms with van der Waals surface area (Å²) in [6.45, 7) is 3.82. The molecule has 2 saturated heterocycles. The molecule has 0 radical (unpaired) electrons. The summed E-state index contributed by atoms with van der Waals surface area (Å²) < 4.78 is 5.49. The SMILES string of the molecule is COc1ccccc1N1CCN(C(=O)CN2C(=O)C(C(=O)N3CCCC3)Sc3ccccc32)CC1. The number of ether oxygens (including phenoxy) is 1. The van der Waals surface area contributed by atoms with Gasteiger partial charge in [0.15, 0.2) is 5.25 Å². The standard InChI is InChI=1S/C26H30N4O4S/c1-34-21-10-4-2-8-19(21)27-14-16-28(17-15-27)23(31)18-30-20-9-3-5-11-22(20)35-24(26(30)33)25(32)29-12-6-7-13-29/h2-5,8-11,24H,6-7,12-18H2,1H3. The van der Waals surface area contributed by atoms with Gasteiger partial charge in [-0.2, -0.15) is 0 Å². The third kappa shape index (κ3) is 4.69. The lowest BCUT2D eigenvalue weighted by Crippen LogP contribution is -2.55. The van der Waals surface area contributed by atoms with Crippen LogP contribution in [0.3, 0.4) is 0 Å². The average Bonchev–Trinajstić information content (AvgIpc) is 3.45. The van der Waals surface area contributed by atoms with E-state index in [1.54, 1.807) is 16.9 Å². The highest BCUT2D eigenvalue weighted by Gasteiger charge is 2.41. The number of methoxy groups -OCH3 is 1. The number of amides is 3. The molecule has 0 spiro atoms. The van der Waals surface area contributed by atoms with E-state index in [1.165, 1.54) is 16.7 Å². The smallest absolute Gasteiger partial charge is 0.250 e. The number of hydrogen-bond donors (Lipinski definition) is 0. The molecule has 9 heteroatoms. The molecule has 0 bridgehead atoms. The first kappa shape index (κ1) is 23.5. The summed E-state index contributed by atoms with van der Waals surface area (Å²) in [6.07, 6.45) is 1.94. The number of para-hydroxylation sites is 3. The Morgan fingerprint density at radius 3 is 2.26 bits per heavy atom. The van der Waals surface area contributed by atoms with Crippen LogP contribution in [0.15, 0.2) is 53.4 Å². The van der Waals surface area contributed by atoms with Crippen LogP contribution in [0.1, 0.15) is 12.8 Å². The van der Waals surface area contributed by atoms with E-state index >= 15 is 0 Å². The third-order valence-corrected chi connectivity index (χ3v) is 8.12. The van der Waals surface area contributed by atoms with Crippen molar-refractivity contribution in [2.24, 2.45) is 0 Å². The lowest BCUT2D eigenvalue weighted by molar-refractivity contribution is -0.135. The van der Waals surface area contributed by atoms with Gasteiger partial charge in [-0.05, 0) is 37.1 Å². The number of anilines is 2. The predicted molar refractivity (Wildman–Crippen MR) is 136 cm³/mol. The van der Waals surface area contributed by atoms with Gasteiger partial charge in [-0.15, -0.1) is 11.8 Å². The third-order valence-electron chi connectivity index (χ3n) is 6.88. The molecule has 35 heavy (non-hydrogen) atoms. The lowest BCUT2D eigenvalue weighted by Gasteiger charge is -2.38. The van der Waals surface area contributed by atoms with E-state index in [1.807, 2.05) is 48.5 Å². The van der Waals surface area contributed by atoms with E-state index in [-0.39, 0.29) is 24.3 Å². The second kappa shape index (κ2) is 10.2. The monoisotopic (exact) mass is 494 g/mol. The average molecular weight is 495 g/mol. The number of fused-ring (bicyclic) bond motifs is 1. The summed E-state index contributed by atoms with van der Waals surface area (Å²) >= 11 is 1.30. The molecule has 0 aliphatic carbocycles. The fraction of sp³-hybridized carbons (Fsp3) is 0.423. The molecule has 2 aromatic carbocycles. The van der Waals surface area contributed by atoms with Crippen LogP contribution in [0.4, 0.5) is 11.4 Å². The Morgan fingerprint density at radius 1 is 0.886 bits per heavy atom. The first-order chi connectivity index (χ1) is 17.1. The molecule has 3 aliphatic rings. The molecule has 0 saturated carbocycles. The summed E-state index contributed by atoms with van der Waals surface area (Å²) in [5, 5.41) is -0.835. The van der Waals surface area contributed by atoms with Crippen LogP contribution in [-0.2, 0) is 14.4 Å². The largest absolute Gasteiger partial charge is 0.495 e. The zero-order valence-corrected chi connectivity index (χ0v) is 20.7. The van der Waals surface area contributed by atoms with Crippen LogP contribution in [0.25, 0.3) is 0 Å². The van der Waals surface area contributed by atoms with Crippen molar-refractivity contribution in [1.29, 1.82) is 0 Å². The molecule has 1 atom stereocenters. The lowest BCUT2D eigenvalue weighted by atomic mass is 10.2. The number of nitrogens with zero attached hydrogens (tertiary/aromatic N) is 4. The van der Waals surface area contributed by atoms with Gasteiger partial charge >= 0.3 is 0 Å². The Hall–Kier alpha value is -3.20. The number of benzene rings is 2. The van der Waals surface area contributed by atoms with Crippen molar-refractivity contribution in [2.75, 3.05) is 62.7 Å². The van der Waals surface area contributed by atoms with E-state index in [0.29, 0.717) is 45.0 Å². The minimum atomic E-state index is -0.835. The Kier molecular flexibility index (Phi) is 6.86. The minimum absolute atomic E-state index is 0.0607. The topological polar surface area (TPSA) is 73.4 Å². The Morgan fingerprint density at radius 2 is 1.54 bits per heavy atom. The van der Waals surface area contributed by atoms with E-state index in [4.69, 9.17) is 4.74 Å². The van der Waals surface area contributed by atoms with E-state index in [2.05, 4.69) is 4.90 Å². The molecule has 5 rings (SSSR count). The van der Waals surface area contributed by atoms with Gasteiger partial charge in [0.25, 0.3) is 5.91 Å². The maximum absolute atomic E-state index is 13.5. The maximum atomic E-state index is 13.5. The summed E-state index contributed by atoms with van der Waals surface area (Å²) in [7, 11) is 1.66. The van der Waals surface area contributed by atoms with Crippen LogP contribution in [0, 0.1) is 0 Å². The molecule has 3 aliphatic heterocycles. The first-order valence-electron chi connectivity index (χ1n) is 12.1. The van der Waals surface area contributed by atoms with Crippen molar-refractivity contribution in [2.45, 2.75) is 23.0 Å². The number of hydrogen-bond acceptors (Lipinski definition) is 6. The number of likely N-dealkylation sites (tertiary alicyclic amines) is 1. The van der Waals surface area contributed by atoms with Gasteiger partial charge in [0, 0.05) is 44.2 Å². The molecule has 2 aromatic rings. The molecular weight excluding hydrogens is 464 g/mol. The molecule has 3 heterocycles. The molecular formula is C26H30N4O4S. The van der Waals surface area contributed by atoms with E-state index in [0.717, 1.165) is 29.2 Å². The molecule has 0 N–H and O–H groups in total. The zero-order valence-electron chi connectivity index (χ0n) is 19.9. The first-order valence-corrected chi connectivity index (χ1v) is 13.0.